The van der Waals surface area contributed by atoms with Gasteiger partial charge in [-0.3, -0.25) is 9.58 Å². The molecule has 154 valence electrons. The van der Waals surface area contributed by atoms with E-state index in [9.17, 15) is 0 Å². The lowest BCUT2D eigenvalue weighted by Crippen LogP contribution is -2.36. The number of rotatable bonds is 7. The number of nitrogens with zero attached hydrogens (tertiary/aromatic N) is 6. The Morgan fingerprint density at radius 2 is 1.97 bits per heavy atom. The van der Waals surface area contributed by atoms with Crippen LogP contribution in [0.2, 0.25) is 0 Å². The number of nitrogens with one attached hydrogen (secondary N) is 1. The molecule has 0 saturated carbocycles. The van der Waals surface area contributed by atoms with E-state index in [2.05, 4.69) is 50.2 Å². The summed E-state index contributed by atoms with van der Waals surface area (Å²) in [5, 5.41) is 14.7. The molecular formula is C21H23N7OS. The number of thiophene rings is 1. The number of benzene rings is 1. The topological polar surface area (TPSA) is 81.0 Å². The van der Waals surface area contributed by atoms with Crippen molar-refractivity contribution < 1.29 is 4.74 Å². The summed E-state index contributed by atoms with van der Waals surface area (Å²) in [4.78, 5) is 13.2. The van der Waals surface area contributed by atoms with Crippen LogP contribution in [0.25, 0.3) is 21.3 Å². The van der Waals surface area contributed by atoms with E-state index in [1.165, 1.54) is 5.56 Å². The van der Waals surface area contributed by atoms with Crippen LogP contribution in [0.1, 0.15) is 5.82 Å². The number of morpholine rings is 1. The van der Waals surface area contributed by atoms with Gasteiger partial charge in [-0.15, -0.1) is 16.4 Å². The molecule has 1 aliphatic heterocycles. The summed E-state index contributed by atoms with van der Waals surface area (Å²) >= 11 is 1.67. The fourth-order valence-electron chi connectivity index (χ4n) is 3.61. The van der Waals surface area contributed by atoms with Crippen molar-refractivity contribution in [2.24, 2.45) is 0 Å². The molecule has 4 aromatic rings. The summed E-state index contributed by atoms with van der Waals surface area (Å²) in [5.74, 6) is 1.72. The van der Waals surface area contributed by atoms with Crippen LogP contribution >= 0.6 is 11.3 Å². The molecule has 1 saturated heterocycles. The van der Waals surface area contributed by atoms with Gasteiger partial charge in [-0.05, 0) is 5.56 Å². The Bertz CT molecular complexity index is 1090. The molecule has 0 atom stereocenters. The number of hydrogen-bond donors (Lipinski definition) is 1. The Kier molecular flexibility index (Phi) is 5.65. The Morgan fingerprint density at radius 1 is 1.10 bits per heavy atom. The largest absolute Gasteiger partial charge is 0.379 e. The average Bonchev–Trinajstić information content (AvgIpc) is 3.45. The summed E-state index contributed by atoms with van der Waals surface area (Å²) in [6.07, 6.45) is 3.55. The normalized spacial score (nSPS) is 14.9. The molecule has 4 heterocycles. The highest BCUT2D eigenvalue weighted by Gasteiger charge is 2.18. The minimum Gasteiger partial charge on any atom is -0.379 e. The van der Waals surface area contributed by atoms with E-state index in [-0.39, 0.29) is 0 Å². The first-order valence-corrected chi connectivity index (χ1v) is 11.0. The second-order valence-corrected chi connectivity index (χ2v) is 8.02. The van der Waals surface area contributed by atoms with Crippen molar-refractivity contribution in [2.45, 2.75) is 13.1 Å². The number of aromatic nitrogens is 5. The molecule has 1 N–H and O–H groups in total. The van der Waals surface area contributed by atoms with Gasteiger partial charge < -0.3 is 10.1 Å². The third-order valence-corrected chi connectivity index (χ3v) is 6.01. The lowest BCUT2D eigenvalue weighted by molar-refractivity contribution is 0.0331. The highest BCUT2D eigenvalue weighted by molar-refractivity contribution is 7.17. The highest BCUT2D eigenvalue weighted by atomic mass is 32.1. The molecule has 0 radical (unpaired) electrons. The minimum absolute atomic E-state index is 0.705. The number of anilines is 1. The number of hydrogen-bond acceptors (Lipinski definition) is 8. The van der Waals surface area contributed by atoms with E-state index in [0.29, 0.717) is 6.54 Å². The van der Waals surface area contributed by atoms with Crippen molar-refractivity contribution in [3.05, 3.63) is 53.9 Å². The molecule has 3 aromatic heterocycles. The molecule has 0 bridgehead atoms. The molecule has 1 aliphatic rings. The van der Waals surface area contributed by atoms with E-state index in [1.807, 2.05) is 16.9 Å². The molecule has 0 aliphatic carbocycles. The van der Waals surface area contributed by atoms with Gasteiger partial charge in [0, 0.05) is 36.8 Å². The van der Waals surface area contributed by atoms with Crippen LogP contribution in [0.5, 0.6) is 0 Å². The Labute approximate surface area is 178 Å². The second-order valence-electron chi connectivity index (χ2n) is 7.17. The fraction of sp³-hybridized carbons (Fsp3) is 0.333. The quantitative estimate of drug-likeness (QED) is 0.491. The molecular weight excluding hydrogens is 398 g/mol. The van der Waals surface area contributed by atoms with Crippen molar-refractivity contribution in [3.63, 3.8) is 0 Å². The lowest BCUT2D eigenvalue weighted by Gasteiger charge is -2.25. The van der Waals surface area contributed by atoms with E-state index < -0.39 is 0 Å². The van der Waals surface area contributed by atoms with Gasteiger partial charge in [-0.25, -0.2) is 9.97 Å². The molecule has 1 fully saturated rings. The van der Waals surface area contributed by atoms with Crippen molar-refractivity contribution >= 4 is 27.4 Å². The van der Waals surface area contributed by atoms with Gasteiger partial charge in [-0.1, -0.05) is 35.5 Å². The predicted octanol–water partition coefficient (Wildman–Crippen LogP) is 2.89. The molecule has 0 spiro atoms. The van der Waals surface area contributed by atoms with Crippen molar-refractivity contribution in [1.29, 1.82) is 0 Å². The first-order chi connectivity index (χ1) is 14.9. The van der Waals surface area contributed by atoms with Crippen LogP contribution in [-0.2, 0) is 17.8 Å². The minimum atomic E-state index is 0.705. The maximum absolute atomic E-state index is 5.47. The smallest absolute Gasteiger partial charge is 0.146 e. The van der Waals surface area contributed by atoms with Gasteiger partial charge in [0.1, 0.15) is 16.5 Å². The van der Waals surface area contributed by atoms with Crippen molar-refractivity contribution in [3.8, 4) is 11.1 Å². The Hall–Kier alpha value is -2.88. The van der Waals surface area contributed by atoms with Crippen LogP contribution in [-0.4, -0.2) is 62.7 Å². The maximum Gasteiger partial charge on any atom is 0.146 e. The van der Waals surface area contributed by atoms with Crippen LogP contribution < -0.4 is 5.32 Å². The third-order valence-electron chi connectivity index (χ3n) is 5.14. The molecule has 0 amide bonds. The van der Waals surface area contributed by atoms with E-state index in [4.69, 9.17) is 14.7 Å². The van der Waals surface area contributed by atoms with Gasteiger partial charge in [0.25, 0.3) is 0 Å². The number of ether oxygens (including phenoxy) is 1. The van der Waals surface area contributed by atoms with Crippen molar-refractivity contribution in [2.75, 3.05) is 38.2 Å². The maximum atomic E-state index is 5.47. The molecule has 9 heteroatoms. The molecule has 30 heavy (non-hydrogen) atoms. The highest BCUT2D eigenvalue weighted by Crippen LogP contribution is 2.37. The molecule has 1 aromatic carbocycles. The van der Waals surface area contributed by atoms with Crippen LogP contribution in [0.3, 0.4) is 0 Å². The zero-order valence-corrected chi connectivity index (χ0v) is 17.4. The summed E-state index contributed by atoms with van der Waals surface area (Å²) in [6.45, 7) is 5.51. The zero-order chi connectivity index (χ0) is 20.2. The third kappa shape index (κ3) is 4.18. The van der Waals surface area contributed by atoms with Crippen LogP contribution in [0.15, 0.2) is 48.1 Å². The monoisotopic (exact) mass is 421 g/mol. The van der Waals surface area contributed by atoms with Gasteiger partial charge in [-0.2, -0.15) is 0 Å². The van der Waals surface area contributed by atoms with Gasteiger partial charge >= 0.3 is 0 Å². The van der Waals surface area contributed by atoms with E-state index in [0.717, 1.165) is 66.8 Å². The van der Waals surface area contributed by atoms with E-state index in [1.54, 1.807) is 17.5 Å². The number of fused-ring (bicyclic) bond motifs is 1. The van der Waals surface area contributed by atoms with Gasteiger partial charge in [0.15, 0.2) is 0 Å². The molecule has 0 unspecified atom stereocenters. The molecule has 5 rings (SSSR count). The van der Waals surface area contributed by atoms with Gasteiger partial charge in [0.2, 0.25) is 0 Å². The predicted molar refractivity (Wildman–Crippen MR) is 117 cm³/mol. The van der Waals surface area contributed by atoms with E-state index >= 15 is 0 Å². The fourth-order valence-corrected chi connectivity index (χ4v) is 4.58. The van der Waals surface area contributed by atoms with Crippen LogP contribution in [0, 0.1) is 0 Å². The summed E-state index contributed by atoms with van der Waals surface area (Å²) in [5.41, 5.74) is 2.34. The first kappa shape index (κ1) is 19.1. The Balaban J connectivity index is 1.47. The zero-order valence-electron chi connectivity index (χ0n) is 16.6. The van der Waals surface area contributed by atoms with Crippen molar-refractivity contribution in [1.82, 2.24) is 29.9 Å². The Morgan fingerprint density at radius 3 is 2.77 bits per heavy atom. The van der Waals surface area contributed by atoms with Crippen LogP contribution in [0.4, 0.5) is 5.82 Å². The summed E-state index contributed by atoms with van der Waals surface area (Å²) < 4.78 is 7.28. The molecule has 8 nitrogen and oxygen atoms in total. The summed E-state index contributed by atoms with van der Waals surface area (Å²) in [6, 6.07) is 10.4. The van der Waals surface area contributed by atoms with Gasteiger partial charge in [0.05, 0.1) is 37.9 Å². The first-order valence-electron chi connectivity index (χ1n) is 10.1. The summed E-state index contributed by atoms with van der Waals surface area (Å²) in [7, 11) is 0. The average molecular weight is 422 g/mol. The standard InChI is InChI=1S/C21H23N7OS/c1-2-4-16(5-3-1)17-15-30-21-19(17)20(22-6-8-28-9-7-23-26-28)24-18(25-21)14-27-10-12-29-13-11-27/h1-5,7,9,15H,6,8,10-14H2,(H,22,24,25). The second kappa shape index (κ2) is 8.86. The SMILES string of the molecule is c1ccc(-c2csc3nc(CN4CCOCC4)nc(NCCn4ccnn4)c23)cc1. The lowest BCUT2D eigenvalue weighted by atomic mass is 10.1.